The summed E-state index contributed by atoms with van der Waals surface area (Å²) in [5.41, 5.74) is 2.26. The minimum absolute atomic E-state index is 0.686. The molecule has 1 aliphatic rings. The molecule has 0 N–H and O–H groups in total. The van der Waals surface area contributed by atoms with Crippen molar-refractivity contribution < 1.29 is 9.47 Å². The predicted molar refractivity (Wildman–Crippen MR) is 58.8 cm³/mol. The molecule has 0 saturated carbocycles. The van der Waals surface area contributed by atoms with Gasteiger partial charge in [-0.2, -0.15) is 0 Å². The Balaban J connectivity index is 2.20. The summed E-state index contributed by atoms with van der Waals surface area (Å²) in [5, 5.41) is 0. The van der Waals surface area contributed by atoms with E-state index in [1.807, 2.05) is 19.1 Å². The van der Waals surface area contributed by atoms with Gasteiger partial charge in [-0.05, 0) is 25.0 Å². The van der Waals surface area contributed by atoms with Crippen molar-refractivity contribution in [2.45, 2.75) is 13.3 Å². The SMILES string of the molecule is CCOc1ccnc(C2=CCOCC2)c1. The molecule has 0 aromatic carbocycles. The second-order valence-corrected chi connectivity index (χ2v) is 3.36. The number of hydrogen-bond acceptors (Lipinski definition) is 3. The van der Waals surface area contributed by atoms with Gasteiger partial charge in [0.2, 0.25) is 0 Å². The third kappa shape index (κ3) is 2.57. The minimum Gasteiger partial charge on any atom is -0.494 e. The quantitative estimate of drug-likeness (QED) is 0.758. The number of aromatic nitrogens is 1. The first-order chi connectivity index (χ1) is 7.40. The summed E-state index contributed by atoms with van der Waals surface area (Å²) in [5.74, 6) is 0.884. The van der Waals surface area contributed by atoms with E-state index in [-0.39, 0.29) is 0 Å². The zero-order chi connectivity index (χ0) is 10.5. The van der Waals surface area contributed by atoms with Gasteiger partial charge in [-0.25, -0.2) is 0 Å². The monoisotopic (exact) mass is 205 g/mol. The average molecular weight is 205 g/mol. The highest BCUT2D eigenvalue weighted by Crippen LogP contribution is 2.22. The number of hydrogen-bond donors (Lipinski definition) is 0. The highest BCUT2D eigenvalue weighted by atomic mass is 16.5. The van der Waals surface area contributed by atoms with Crippen LogP contribution in [0.4, 0.5) is 0 Å². The molecule has 0 fully saturated rings. The van der Waals surface area contributed by atoms with Crippen LogP contribution in [-0.2, 0) is 4.74 Å². The Bertz CT molecular complexity index is 360. The molecular formula is C12H15NO2. The standard InChI is InChI=1S/C12H15NO2/c1-2-15-11-3-6-13-12(9-11)10-4-7-14-8-5-10/h3-4,6,9H,2,5,7-8H2,1H3. The van der Waals surface area contributed by atoms with E-state index in [1.54, 1.807) is 6.20 Å². The molecule has 0 spiro atoms. The van der Waals surface area contributed by atoms with Crippen molar-refractivity contribution in [3.05, 3.63) is 30.1 Å². The first-order valence-electron chi connectivity index (χ1n) is 5.26. The molecule has 1 aromatic rings. The van der Waals surface area contributed by atoms with Crippen molar-refractivity contribution in [2.24, 2.45) is 0 Å². The van der Waals surface area contributed by atoms with Crippen molar-refractivity contribution in [1.29, 1.82) is 0 Å². The van der Waals surface area contributed by atoms with Gasteiger partial charge in [0.1, 0.15) is 5.75 Å². The lowest BCUT2D eigenvalue weighted by Crippen LogP contribution is -2.05. The topological polar surface area (TPSA) is 31.4 Å². The van der Waals surface area contributed by atoms with Crippen LogP contribution in [0.5, 0.6) is 5.75 Å². The minimum atomic E-state index is 0.686. The van der Waals surface area contributed by atoms with Crippen molar-refractivity contribution >= 4 is 5.57 Å². The fraction of sp³-hybridized carbons (Fsp3) is 0.417. The maximum absolute atomic E-state index is 5.44. The van der Waals surface area contributed by atoms with E-state index in [2.05, 4.69) is 11.1 Å². The molecule has 80 valence electrons. The Kier molecular flexibility index (Phi) is 3.35. The summed E-state index contributed by atoms with van der Waals surface area (Å²) in [6, 6.07) is 3.87. The maximum Gasteiger partial charge on any atom is 0.122 e. The lowest BCUT2D eigenvalue weighted by Gasteiger charge is -2.13. The molecule has 3 nitrogen and oxygen atoms in total. The van der Waals surface area contributed by atoms with Crippen LogP contribution < -0.4 is 4.74 Å². The summed E-state index contributed by atoms with van der Waals surface area (Å²) < 4.78 is 10.7. The summed E-state index contributed by atoms with van der Waals surface area (Å²) >= 11 is 0. The number of nitrogens with zero attached hydrogens (tertiary/aromatic N) is 1. The van der Waals surface area contributed by atoms with Crippen LogP contribution in [0.25, 0.3) is 5.57 Å². The van der Waals surface area contributed by atoms with Crippen LogP contribution in [0, 0.1) is 0 Å². The van der Waals surface area contributed by atoms with E-state index in [1.165, 1.54) is 5.57 Å². The average Bonchev–Trinajstić information content (AvgIpc) is 2.31. The number of ether oxygens (including phenoxy) is 2. The summed E-state index contributed by atoms with van der Waals surface area (Å²) in [6.45, 7) is 4.14. The largest absolute Gasteiger partial charge is 0.494 e. The summed E-state index contributed by atoms with van der Waals surface area (Å²) in [7, 11) is 0. The van der Waals surface area contributed by atoms with E-state index in [9.17, 15) is 0 Å². The molecule has 2 heterocycles. The van der Waals surface area contributed by atoms with Crippen LogP contribution >= 0.6 is 0 Å². The van der Waals surface area contributed by atoms with Crippen LogP contribution in [0.1, 0.15) is 19.0 Å². The molecule has 1 aliphatic heterocycles. The lowest BCUT2D eigenvalue weighted by atomic mass is 10.1. The van der Waals surface area contributed by atoms with Gasteiger partial charge in [-0.1, -0.05) is 6.08 Å². The van der Waals surface area contributed by atoms with Gasteiger partial charge in [-0.15, -0.1) is 0 Å². The molecule has 0 saturated heterocycles. The van der Waals surface area contributed by atoms with E-state index in [0.717, 1.165) is 24.5 Å². The fourth-order valence-corrected chi connectivity index (χ4v) is 1.60. The molecule has 0 atom stereocenters. The Morgan fingerprint density at radius 3 is 3.20 bits per heavy atom. The first kappa shape index (κ1) is 10.2. The summed E-state index contributed by atoms with van der Waals surface area (Å²) in [6.07, 6.45) is 4.81. The van der Waals surface area contributed by atoms with E-state index in [4.69, 9.17) is 9.47 Å². The second kappa shape index (κ2) is 4.94. The third-order valence-electron chi connectivity index (χ3n) is 2.33. The van der Waals surface area contributed by atoms with Gasteiger partial charge in [-0.3, -0.25) is 4.98 Å². The molecule has 1 aromatic heterocycles. The van der Waals surface area contributed by atoms with Gasteiger partial charge in [0.25, 0.3) is 0 Å². The number of rotatable bonds is 3. The Morgan fingerprint density at radius 1 is 1.53 bits per heavy atom. The first-order valence-corrected chi connectivity index (χ1v) is 5.26. The van der Waals surface area contributed by atoms with Crippen molar-refractivity contribution in [2.75, 3.05) is 19.8 Å². The Hall–Kier alpha value is -1.35. The normalized spacial score (nSPS) is 15.9. The smallest absolute Gasteiger partial charge is 0.122 e. The molecule has 0 radical (unpaired) electrons. The van der Waals surface area contributed by atoms with Crippen LogP contribution in [0.15, 0.2) is 24.4 Å². The van der Waals surface area contributed by atoms with Crippen LogP contribution in [0.3, 0.4) is 0 Å². The Labute approximate surface area is 89.7 Å². The molecule has 0 unspecified atom stereocenters. The maximum atomic E-state index is 5.44. The fourth-order valence-electron chi connectivity index (χ4n) is 1.60. The van der Waals surface area contributed by atoms with E-state index < -0.39 is 0 Å². The van der Waals surface area contributed by atoms with Crippen molar-refractivity contribution in [3.8, 4) is 5.75 Å². The zero-order valence-electron chi connectivity index (χ0n) is 8.90. The molecule has 0 aliphatic carbocycles. The molecule has 3 heteroatoms. The van der Waals surface area contributed by atoms with Gasteiger partial charge >= 0.3 is 0 Å². The van der Waals surface area contributed by atoms with Crippen molar-refractivity contribution in [1.82, 2.24) is 4.98 Å². The third-order valence-corrected chi connectivity index (χ3v) is 2.33. The molecule has 2 rings (SSSR count). The molecule has 0 bridgehead atoms. The highest BCUT2D eigenvalue weighted by molar-refractivity contribution is 5.64. The van der Waals surface area contributed by atoms with Crippen LogP contribution in [0.2, 0.25) is 0 Å². The predicted octanol–water partition coefficient (Wildman–Crippen LogP) is 2.28. The lowest BCUT2D eigenvalue weighted by molar-refractivity contribution is 0.161. The molecule has 0 amide bonds. The second-order valence-electron chi connectivity index (χ2n) is 3.36. The van der Waals surface area contributed by atoms with Gasteiger partial charge in [0, 0.05) is 12.3 Å². The van der Waals surface area contributed by atoms with E-state index >= 15 is 0 Å². The van der Waals surface area contributed by atoms with Gasteiger partial charge < -0.3 is 9.47 Å². The zero-order valence-corrected chi connectivity index (χ0v) is 8.90. The van der Waals surface area contributed by atoms with Gasteiger partial charge in [0.15, 0.2) is 0 Å². The van der Waals surface area contributed by atoms with Crippen LogP contribution in [-0.4, -0.2) is 24.8 Å². The number of pyridine rings is 1. The summed E-state index contributed by atoms with van der Waals surface area (Å²) in [4.78, 5) is 4.34. The van der Waals surface area contributed by atoms with E-state index in [0.29, 0.717) is 13.2 Å². The Morgan fingerprint density at radius 2 is 2.47 bits per heavy atom. The van der Waals surface area contributed by atoms with Gasteiger partial charge in [0.05, 0.1) is 25.5 Å². The highest BCUT2D eigenvalue weighted by Gasteiger charge is 2.08. The molecular weight excluding hydrogens is 190 g/mol. The molecule has 15 heavy (non-hydrogen) atoms. The van der Waals surface area contributed by atoms with Crippen molar-refractivity contribution in [3.63, 3.8) is 0 Å².